The molecule has 0 unspecified atom stereocenters. The Morgan fingerprint density at radius 1 is 0.912 bits per heavy atom. The van der Waals surface area contributed by atoms with Gasteiger partial charge in [-0.1, -0.05) is 48.2 Å². The summed E-state index contributed by atoms with van der Waals surface area (Å²) >= 11 is 1.14. The first-order valence-electron chi connectivity index (χ1n) is 10.3. The van der Waals surface area contributed by atoms with Gasteiger partial charge in [0.25, 0.3) is 15.2 Å². The summed E-state index contributed by atoms with van der Waals surface area (Å²) in [5.41, 5.74) is 3.83. The van der Waals surface area contributed by atoms with Crippen LogP contribution >= 0.6 is 11.8 Å². The van der Waals surface area contributed by atoms with E-state index >= 15 is 0 Å². The molecule has 10 heteroatoms. The van der Waals surface area contributed by atoms with E-state index in [2.05, 4.69) is 20.2 Å². The van der Waals surface area contributed by atoms with Crippen LogP contribution in [0.1, 0.15) is 11.1 Å². The lowest BCUT2D eigenvalue weighted by molar-refractivity contribution is -0.113. The van der Waals surface area contributed by atoms with Crippen molar-refractivity contribution in [1.29, 1.82) is 0 Å². The second kappa shape index (κ2) is 10.1. The SMILES string of the molecule is Cc1cccc(C)c1NC(=O)CSc1nnc(-c2ccc(NS(=O)(=O)c3ccccc3)cc2)o1. The van der Waals surface area contributed by atoms with Crippen molar-refractivity contribution in [3.05, 3.63) is 83.9 Å². The minimum atomic E-state index is -3.67. The van der Waals surface area contributed by atoms with Gasteiger partial charge in [-0.2, -0.15) is 0 Å². The predicted octanol–water partition coefficient (Wildman–Crippen LogP) is 4.89. The van der Waals surface area contributed by atoms with Crippen molar-refractivity contribution in [2.45, 2.75) is 24.0 Å². The zero-order chi connectivity index (χ0) is 24.1. The molecule has 0 saturated heterocycles. The predicted molar refractivity (Wildman–Crippen MR) is 132 cm³/mol. The number of anilines is 2. The summed E-state index contributed by atoms with van der Waals surface area (Å²) in [7, 11) is -3.67. The van der Waals surface area contributed by atoms with Crippen LogP contribution < -0.4 is 10.0 Å². The summed E-state index contributed by atoms with van der Waals surface area (Å²) in [5, 5.41) is 11.2. The van der Waals surface area contributed by atoms with Crippen molar-refractivity contribution < 1.29 is 17.6 Å². The van der Waals surface area contributed by atoms with Crippen LogP contribution in [0.4, 0.5) is 11.4 Å². The third-order valence-electron chi connectivity index (χ3n) is 4.92. The van der Waals surface area contributed by atoms with Gasteiger partial charge in [0.05, 0.1) is 10.6 Å². The Bertz CT molecular complexity index is 1380. The summed E-state index contributed by atoms with van der Waals surface area (Å²) < 4.78 is 33.1. The maximum Gasteiger partial charge on any atom is 0.277 e. The molecule has 2 N–H and O–H groups in total. The molecule has 1 heterocycles. The molecule has 0 aliphatic rings. The van der Waals surface area contributed by atoms with Crippen molar-refractivity contribution in [2.24, 2.45) is 0 Å². The first-order chi connectivity index (χ1) is 16.3. The molecule has 0 aliphatic heterocycles. The van der Waals surface area contributed by atoms with Crippen LogP contribution in [0, 0.1) is 13.8 Å². The van der Waals surface area contributed by atoms with Crippen LogP contribution in [-0.4, -0.2) is 30.3 Å². The number of para-hydroxylation sites is 1. The van der Waals surface area contributed by atoms with Gasteiger partial charge in [0, 0.05) is 16.9 Å². The van der Waals surface area contributed by atoms with E-state index in [4.69, 9.17) is 4.42 Å². The highest BCUT2D eigenvalue weighted by Crippen LogP contribution is 2.26. The molecule has 1 amide bonds. The molecular weight excluding hydrogens is 472 g/mol. The molecular formula is C24H22N4O4S2. The zero-order valence-corrected chi connectivity index (χ0v) is 20.1. The molecule has 1 aromatic heterocycles. The number of benzene rings is 3. The zero-order valence-electron chi connectivity index (χ0n) is 18.5. The molecule has 0 radical (unpaired) electrons. The number of hydrogen-bond acceptors (Lipinski definition) is 7. The topological polar surface area (TPSA) is 114 Å². The largest absolute Gasteiger partial charge is 0.411 e. The number of rotatable bonds is 8. The average molecular weight is 495 g/mol. The fraction of sp³-hybridized carbons (Fsp3) is 0.125. The number of amides is 1. The van der Waals surface area contributed by atoms with Crippen molar-refractivity contribution >= 4 is 39.1 Å². The summed E-state index contributed by atoms with van der Waals surface area (Å²) in [6.45, 7) is 3.88. The Kier molecular flexibility index (Phi) is 6.99. The molecule has 4 rings (SSSR count). The highest BCUT2D eigenvalue weighted by atomic mass is 32.2. The Morgan fingerprint density at radius 3 is 2.26 bits per heavy atom. The molecule has 0 atom stereocenters. The molecule has 34 heavy (non-hydrogen) atoms. The van der Waals surface area contributed by atoms with E-state index in [1.54, 1.807) is 42.5 Å². The lowest BCUT2D eigenvalue weighted by Gasteiger charge is -2.10. The number of aromatic nitrogens is 2. The van der Waals surface area contributed by atoms with E-state index in [-0.39, 0.29) is 27.7 Å². The molecule has 4 aromatic rings. The lowest BCUT2D eigenvalue weighted by Crippen LogP contribution is -2.15. The number of nitrogens with zero attached hydrogens (tertiary/aromatic N) is 2. The third kappa shape index (κ3) is 5.64. The normalized spacial score (nSPS) is 11.2. The van der Waals surface area contributed by atoms with Gasteiger partial charge in [0.15, 0.2) is 0 Å². The number of nitrogens with one attached hydrogen (secondary N) is 2. The standard InChI is InChI=1S/C24H22N4O4S2/c1-16-7-6-8-17(2)22(16)25-21(29)15-33-24-27-26-23(32-24)18-11-13-19(14-12-18)28-34(30,31)20-9-4-3-5-10-20/h3-14,28H,15H2,1-2H3,(H,25,29). The summed E-state index contributed by atoms with van der Waals surface area (Å²) in [4.78, 5) is 12.5. The van der Waals surface area contributed by atoms with E-state index in [0.717, 1.165) is 28.6 Å². The van der Waals surface area contributed by atoms with Crippen LogP contribution in [-0.2, 0) is 14.8 Å². The second-order valence-corrected chi connectivity index (χ2v) is 10.1. The summed E-state index contributed by atoms with van der Waals surface area (Å²) in [5.74, 6) is 0.225. The average Bonchev–Trinajstić information content (AvgIpc) is 3.30. The van der Waals surface area contributed by atoms with E-state index in [1.807, 2.05) is 32.0 Å². The Hall–Kier alpha value is -3.63. The van der Waals surface area contributed by atoms with Gasteiger partial charge in [-0.3, -0.25) is 9.52 Å². The summed E-state index contributed by atoms with van der Waals surface area (Å²) in [6.07, 6.45) is 0. The molecule has 0 fully saturated rings. The Balaban J connectivity index is 1.36. The van der Waals surface area contributed by atoms with Crippen LogP contribution in [0.3, 0.4) is 0 Å². The van der Waals surface area contributed by atoms with Gasteiger partial charge in [0.1, 0.15) is 0 Å². The lowest BCUT2D eigenvalue weighted by atomic mass is 10.1. The number of aryl methyl sites for hydroxylation is 2. The molecule has 0 spiro atoms. The fourth-order valence-electron chi connectivity index (χ4n) is 3.19. The van der Waals surface area contributed by atoms with E-state index in [9.17, 15) is 13.2 Å². The van der Waals surface area contributed by atoms with Crippen molar-refractivity contribution in [3.63, 3.8) is 0 Å². The fourth-order valence-corrected chi connectivity index (χ4v) is 4.84. The number of carbonyl (C=O) groups is 1. The van der Waals surface area contributed by atoms with Gasteiger partial charge in [0.2, 0.25) is 11.8 Å². The number of carbonyl (C=O) groups excluding carboxylic acids is 1. The monoisotopic (exact) mass is 494 g/mol. The minimum absolute atomic E-state index is 0.121. The number of hydrogen-bond donors (Lipinski definition) is 2. The first-order valence-corrected chi connectivity index (χ1v) is 12.8. The maximum absolute atomic E-state index is 12.5. The van der Waals surface area contributed by atoms with Gasteiger partial charge in [-0.05, 0) is 61.4 Å². The quantitative estimate of drug-likeness (QED) is 0.335. The second-order valence-electron chi connectivity index (χ2n) is 7.47. The molecule has 174 valence electrons. The van der Waals surface area contributed by atoms with Crippen molar-refractivity contribution in [3.8, 4) is 11.5 Å². The van der Waals surface area contributed by atoms with E-state index < -0.39 is 10.0 Å². The van der Waals surface area contributed by atoms with Gasteiger partial charge in [-0.25, -0.2) is 8.42 Å². The van der Waals surface area contributed by atoms with Crippen molar-refractivity contribution in [2.75, 3.05) is 15.8 Å². The first kappa shape index (κ1) is 23.5. The molecule has 0 aliphatic carbocycles. The van der Waals surface area contributed by atoms with E-state index in [0.29, 0.717) is 11.3 Å². The van der Waals surface area contributed by atoms with Gasteiger partial charge < -0.3 is 9.73 Å². The maximum atomic E-state index is 12.5. The number of thioether (sulfide) groups is 1. The third-order valence-corrected chi connectivity index (χ3v) is 7.13. The minimum Gasteiger partial charge on any atom is -0.411 e. The molecule has 0 bridgehead atoms. The Morgan fingerprint density at radius 2 is 1.59 bits per heavy atom. The van der Waals surface area contributed by atoms with Crippen LogP contribution in [0.2, 0.25) is 0 Å². The van der Waals surface area contributed by atoms with Gasteiger partial charge in [-0.15, -0.1) is 10.2 Å². The highest BCUT2D eigenvalue weighted by molar-refractivity contribution is 7.99. The molecule has 0 saturated carbocycles. The smallest absolute Gasteiger partial charge is 0.277 e. The van der Waals surface area contributed by atoms with E-state index in [1.165, 1.54) is 12.1 Å². The number of sulfonamides is 1. The summed E-state index contributed by atoms with van der Waals surface area (Å²) in [6, 6.07) is 20.5. The molecule has 8 nitrogen and oxygen atoms in total. The molecule has 3 aromatic carbocycles. The van der Waals surface area contributed by atoms with Crippen LogP contribution in [0.5, 0.6) is 0 Å². The van der Waals surface area contributed by atoms with Crippen LogP contribution in [0.25, 0.3) is 11.5 Å². The Labute approximate surface area is 201 Å². The van der Waals surface area contributed by atoms with Crippen molar-refractivity contribution in [1.82, 2.24) is 10.2 Å². The van der Waals surface area contributed by atoms with Crippen LogP contribution in [0.15, 0.2) is 87.3 Å². The van der Waals surface area contributed by atoms with Gasteiger partial charge >= 0.3 is 0 Å². The highest BCUT2D eigenvalue weighted by Gasteiger charge is 2.15.